The fourth-order valence-corrected chi connectivity index (χ4v) is 3.42. The zero-order valence-electron chi connectivity index (χ0n) is 16.2. The number of nitrogens with zero attached hydrogens (tertiary/aromatic N) is 5. The lowest BCUT2D eigenvalue weighted by Crippen LogP contribution is -2.49. The molecular weight excluding hydrogens is 369 g/mol. The highest BCUT2D eigenvalue weighted by Crippen LogP contribution is 2.22. The van der Waals surface area contributed by atoms with E-state index in [4.69, 9.17) is 0 Å². The minimum atomic E-state index is -0.239. The van der Waals surface area contributed by atoms with Crippen molar-refractivity contribution >= 4 is 23.2 Å². The van der Waals surface area contributed by atoms with Gasteiger partial charge >= 0.3 is 0 Å². The summed E-state index contributed by atoms with van der Waals surface area (Å²) in [6.45, 7) is 2.19. The molecule has 1 amide bonds. The Kier molecular flexibility index (Phi) is 5.37. The van der Waals surface area contributed by atoms with Crippen molar-refractivity contribution in [2.75, 3.05) is 43.0 Å². The van der Waals surface area contributed by atoms with Gasteiger partial charge in [0.05, 0.1) is 5.69 Å². The van der Waals surface area contributed by atoms with Crippen LogP contribution in [0, 0.1) is 5.82 Å². The molecule has 1 aliphatic heterocycles. The van der Waals surface area contributed by atoms with Crippen molar-refractivity contribution in [3.8, 4) is 0 Å². The first-order valence-electron chi connectivity index (χ1n) is 9.54. The third-order valence-electron chi connectivity index (χ3n) is 5.07. The van der Waals surface area contributed by atoms with Crippen LogP contribution in [0.4, 0.5) is 21.7 Å². The predicted octanol–water partition coefficient (Wildman–Crippen LogP) is 3.35. The number of amides is 1. The molecule has 2 aromatic carbocycles. The molecule has 0 unspecified atom stereocenters. The van der Waals surface area contributed by atoms with Crippen LogP contribution in [0.3, 0.4) is 0 Å². The first kappa shape index (κ1) is 18.9. The van der Waals surface area contributed by atoms with Gasteiger partial charge in [0.15, 0.2) is 0 Å². The van der Waals surface area contributed by atoms with Gasteiger partial charge in [-0.25, -0.2) is 14.4 Å². The minimum Gasteiger partial charge on any atom is -0.366 e. The van der Waals surface area contributed by atoms with Gasteiger partial charge in [0.2, 0.25) is 5.95 Å². The molecule has 29 heavy (non-hydrogen) atoms. The second-order valence-electron chi connectivity index (χ2n) is 6.87. The van der Waals surface area contributed by atoms with E-state index in [0.29, 0.717) is 43.5 Å². The summed E-state index contributed by atoms with van der Waals surface area (Å²) >= 11 is 0. The standard InChI is InChI=1S/C22H22FN5O/c1-26(17-7-3-2-4-8-17)22-24-12-11-19(25-22)21(29)28-15-13-27(14-16-28)20-10-6-5-9-18(20)23/h2-12H,13-16H2,1H3. The molecule has 0 saturated carbocycles. The molecule has 0 spiro atoms. The zero-order valence-corrected chi connectivity index (χ0v) is 16.2. The minimum absolute atomic E-state index is 0.136. The van der Waals surface area contributed by atoms with Crippen LogP contribution in [0.5, 0.6) is 0 Å². The lowest BCUT2D eigenvalue weighted by atomic mass is 10.2. The molecule has 0 N–H and O–H groups in total. The van der Waals surface area contributed by atoms with Crippen molar-refractivity contribution in [3.63, 3.8) is 0 Å². The molecule has 1 aliphatic rings. The average molecular weight is 391 g/mol. The van der Waals surface area contributed by atoms with E-state index in [1.54, 1.807) is 29.3 Å². The molecule has 2 heterocycles. The number of halogens is 1. The van der Waals surface area contributed by atoms with E-state index < -0.39 is 0 Å². The Balaban J connectivity index is 1.45. The van der Waals surface area contributed by atoms with Crippen LogP contribution in [0.2, 0.25) is 0 Å². The van der Waals surface area contributed by atoms with Crippen LogP contribution < -0.4 is 9.80 Å². The molecule has 148 valence electrons. The number of rotatable bonds is 4. The Morgan fingerprint density at radius 2 is 1.66 bits per heavy atom. The summed E-state index contributed by atoms with van der Waals surface area (Å²) in [4.78, 5) is 27.3. The lowest BCUT2D eigenvalue weighted by molar-refractivity contribution is 0.0740. The summed E-state index contributed by atoms with van der Waals surface area (Å²) in [6.07, 6.45) is 1.60. The van der Waals surface area contributed by atoms with E-state index in [1.165, 1.54) is 6.07 Å². The van der Waals surface area contributed by atoms with Crippen LogP contribution in [0.25, 0.3) is 0 Å². The maximum atomic E-state index is 14.0. The van der Waals surface area contributed by atoms with Crippen molar-refractivity contribution < 1.29 is 9.18 Å². The number of para-hydroxylation sites is 2. The second-order valence-corrected chi connectivity index (χ2v) is 6.87. The van der Waals surface area contributed by atoms with Crippen molar-refractivity contribution in [1.29, 1.82) is 0 Å². The smallest absolute Gasteiger partial charge is 0.272 e. The zero-order chi connectivity index (χ0) is 20.2. The van der Waals surface area contributed by atoms with E-state index >= 15 is 0 Å². The number of anilines is 3. The number of aromatic nitrogens is 2. The number of carbonyl (C=O) groups excluding carboxylic acids is 1. The molecule has 1 aromatic heterocycles. The second kappa shape index (κ2) is 8.26. The molecule has 7 heteroatoms. The van der Waals surface area contributed by atoms with Crippen LogP contribution in [0.15, 0.2) is 66.9 Å². The SMILES string of the molecule is CN(c1ccccc1)c1nccc(C(=O)N2CCN(c3ccccc3F)CC2)n1. The third-order valence-corrected chi connectivity index (χ3v) is 5.07. The number of benzene rings is 2. The lowest BCUT2D eigenvalue weighted by Gasteiger charge is -2.36. The largest absolute Gasteiger partial charge is 0.366 e. The van der Waals surface area contributed by atoms with Gasteiger partial charge in [-0.15, -0.1) is 0 Å². The van der Waals surface area contributed by atoms with Crippen LogP contribution in [-0.4, -0.2) is 54.0 Å². The number of hydrogen-bond acceptors (Lipinski definition) is 5. The average Bonchev–Trinajstić information content (AvgIpc) is 2.79. The monoisotopic (exact) mass is 391 g/mol. The molecule has 0 bridgehead atoms. The first-order valence-corrected chi connectivity index (χ1v) is 9.54. The molecule has 0 aliphatic carbocycles. The van der Waals surface area contributed by atoms with Crippen LogP contribution in [-0.2, 0) is 0 Å². The van der Waals surface area contributed by atoms with Crippen LogP contribution >= 0.6 is 0 Å². The molecule has 4 rings (SSSR count). The molecule has 1 fully saturated rings. The highest BCUT2D eigenvalue weighted by molar-refractivity contribution is 5.92. The summed E-state index contributed by atoms with van der Waals surface area (Å²) in [5.41, 5.74) is 1.88. The molecule has 0 radical (unpaired) electrons. The van der Waals surface area contributed by atoms with E-state index in [9.17, 15) is 9.18 Å². The molecule has 1 saturated heterocycles. The topological polar surface area (TPSA) is 52.6 Å². The highest BCUT2D eigenvalue weighted by Gasteiger charge is 2.24. The van der Waals surface area contributed by atoms with Crippen LogP contribution in [0.1, 0.15) is 10.5 Å². The predicted molar refractivity (Wildman–Crippen MR) is 111 cm³/mol. The molecule has 0 atom stereocenters. The fourth-order valence-electron chi connectivity index (χ4n) is 3.42. The molecular formula is C22H22FN5O. The highest BCUT2D eigenvalue weighted by atomic mass is 19.1. The summed E-state index contributed by atoms with van der Waals surface area (Å²) < 4.78 is 14.0. The summed E-state index contributed by atoms with van der Waals surface area (Å²) in [6, 6.07) is 18.1. The van der Waals surface area contributed by atoms with Crippen molar-refractivity contribution in [2.24, 2.45) is 0 Å². The van der Waals surface area contributed by atoms with Gasteiger partial charge < -0.3 is 14.7 Å². The van der Waals surface area contributed by atoms with Gasteiger partial charge in [-0.3, -0.25) is 4.79 Å². The summed E-state index contributed by atoms with van der Waals surface area (Å²) in [7, 11) is 1.87. The van der Waals surface area contributed by atoms with Gasteiger partial charge in [-0.1, -0.05) is 30.3 Å². The van der Waals surface area contributed by atoms with E-state index in [1.807, 2.05) is 53.2 Å². The van der Waals surface area contributed by atoms with Crippen molar-refractivity contribution in [2.45, 2.75) is 0 Å². The maximum Gasteiger partial charge on any atom is 0.272 e. The van der Waals surface area contributed by atoms with Gasteiger partial charge in [-0.2, -0.15) is 0 Å². The first-order chi connectivity index (χ1) is 14.1. The van der Waals surface area contributed by atoms with Gasteiger partial charge in [-0.05, 0) is 30.3 Å². The number of carbonyl (C=O) groups is 1. The fraction of sp³-hybridized carbons (Fsp3) is 0.227. The van der Waals surface area contributed by atoms with E-state index in [2.05, 4.69) is 9.97 Å². The van der Waals surface area contributed by atoms with Crippen molar-refractivity contribution in [1.82, 2.24) is 14.9 Å². The Morgan fingerprint density at radius 3 is 2.38 bits per heavy atom. The Bertz CT molecular complexity index is 989. The van der Waals surface area contributed by atoms with Gasteiger partial charge in [0.25, 0.3) is 5.91 Å². The Morgan fingerprint density at radius 1 is 0.966 bits per heavy atom. The molecule has 3 aromatic rings. The third kappa shape index (κ3) is 4.03. The van der Waals surface area contributed by atoms with E-state index in [0.717, 1.165) is 5.69 Å². The quantitative estimate of drug-likeness (QED) is 0.683. The van der Waals surface area contributed by atoms with Gasteiger partial charge in [0, 0.05) is 45.1 Å². The summed E-state index contributed by atoms with van der Waals surface area (Å²) in [5.74, 6) is 0.0898. The maximum absolute atomic E-state index is 14.0. The summed E-state index contributed by atoms with van der Waals surface area (Å²) in [5, 5.41) is 0. The van der Waals surface area contributed by atoms with E-state index in [-0.39, 0.29) is 11.7 Å². The normalized spacial score (nSPS) is 14.0. The Hall–Kier alpha value is -3.48. The molecule has 6 nitrogen and oxygen atoms in total. The van der Waals surface area contributed by atoms with Crippen molar-refractivity contribution in [3.05, 3.63) is 78.4 Å². The Labute approximate surface area is 169 Å². The van der Waals surface area contributed by atoms with Gasteiger partial charge in [0.1, 0.15) is 11.5 Å². The number of hydrogen-bond donors (Lipinski definition) is 0. The number of piperazine rings is 1.